The molecule has 0 rings (SSSR count). The smallest absolute Gasteiger partial charge is 0.328 e. The molecule has 2 atom stereocenters. The minimum Gasteiger partial charge on any atom is -0.478 e. The van der Waals surface area contributed by atoms with E-state index >= 15 is 0 Å². The van der Waals surface area contributed by atoms with Crippen molar-refractivity contribution in [3.63, 3.8) is 0 Å². The summed E-state index contributed by atoms with van der Waals surface area (Å²) in [6, 6.07) is 0. The lowest BCUT2D eigenvalue weighted by molar-refractivity contribution is -0.131. The number of hydrogen-bond acceptors (Lipinski definition) is 3. The Morgan fingerprint density at radius 2 is 2.07 bits per heavy atom. The molecule has 0 aliphatic heterocycles. The van der Waals surface area contributed by atoms with Crippen LogP contribution >= 0.6 is 11.6 Å². The summed E-state index contributed by atoms with van der Waals surface area (Å²) in [6.45, 7) is 1.53. The second kappa shape index (κ2) is 5.33. The summed E-state index contributed by atoms with van der Waals surface area (Å²) in [5, 5.41) is 6.03. The Hall–Kier alpha value is -0.590. The van der Waals surface area contributed by atoms with Gasteiger partial charge < -0.3 is 5.11 Å². The highest BCUT2D eigenvalue weighted by molar-refractivity contribution is 7.86. The Balaban J connectivity index is 4.65. The standard InChI is InChI=1S/C7H11ClO5S/c1-2-6(14(11,12)13)5(8)3-4-7(9)10/h3-6H,2H2,1H3,(H,9,10)(H,11,12,13). The molecular weight excluding hydrogens is 232 g/mol. The Bertz CT molecular complexity index is 321. The third kappa shape index (κ3) is 4.59. The Kier molecular flexibility index (Phi) is 5.11. The highest BCUT2D eigenvalue weighted by atomic mass is 35.5. The zero-order valence-electron chi connectivity index (χ0n) is 7.42. The van der Waals surface area contributed by atoms with Crippen LogP contribution in [0.2, 0.25) is 0 Å². The second-order valence-electron chi connectivity index (χ2n) is 2.60. The number of hydrogen-bond donors (Lipinski definition) is 2. The van der Waals surface area contributed by atoms with Crippen molar-refractivity contribution in [2.45, 2.75) is 24.0 Å². The molecule has 2 unspecified atom stereocenters. The van der Waals surface area contributed by atoms with Crippen LogP contribution in [0.4, 0.5) is 0 Å². The SMILES string of the molecule is CCC(C(Cl)C=CC(=O)O)S(=O)(=O)O. The molecule has 0 amide bonds. The fourth-order valence-electron chi connectivity index (χ4n) is 0.898. The number of carboxylic acids is 1. The molecule has 0 heterocycles. The van der Waals surface area contributed by atoms with Crippen LogP contribution < -0.4 is 0 Å². The van der Waals surface area contributed by atoms with Gasteiger partial charge in [0.25, 0.3) is 10.1 Å². The van der Waals surface area contributed by atoms with E-state index < -0.39 is 26.7 Å². The van der Waals surface area contributed by atoms with Gasteiger partial charge in [-0.1, -0.05) is 13.0 Å². The Morgan fingerprint density at radius 1 is 1.57 bits per heavy atom. The topological polar surface area (TPSA) is 91.7 Å². The molecule has 0 aromatic heterocycles. The van der Waals surface area contributed by atoms with Gasteiger partial charge in [-0.3, -0.25) is 4.55 Å². The van der Waals surface area contributed by atoms with Gasteiger partial charge in [0.05, 0.1) is 5.38 Å². The molecule has 0 saturated carbocycles. The van der Waals surface area contributed by atoms with E-state index in [9.17, 15) is 13.2 Å². The molecule has 0 fully saturated rings. The first-order chi connectivity index (χ1) is 6.29. The summed E-state index contributed by atoms with van der Waals surface area (Å²) in [6.07, 6.45) is 1.87. The first-order valence-corrected chi connectivity index (χ1v) is 5.74. The third-order valence-corrected chi connectivity index (χ3v) is 3.55. The lowest BCUT2D eigenvalue weighted by Crippen LogP contribution is -2.28. The Labute approximate surface area is 87.1 Å². The van der Waals surface area contributed by atoms with Crippen LogP contribution in [0.1, 0.15) is 13.3 Å². The normalized spacial score (nSPS) is 16.8. The van der Waals surface area contributed by atoms with Gasteiger partial charge in [0, 0.05) is 6.08 Å². The van der Waals surface area contributed by atoms with Crippen molar-refractivity contribution in [3.8, 4) is 0 Å². The van der Waals surface area contributed by atoms with Crippen LogP contribution in [0, 0.1) is 0 Å². The Morgan fingerprint density at radius 3 is 2.36 bits per heavy atom. The molecule has 7 heteroatoms. The molecular formula is C7H11ClO5S. The van der Waals surface area contributed by atoms with E-state index in [1.807, 2.05) is 0 Å². The largest absolute Gasteiger partial charge is 0.478 e. The van der Waals surface area contributed by atoms with Gasteiger partial charge in [-0.05, 0) is 6.42 Å². The van der Waals surface area contributed by atoms with Crippen molar-refractivity contribution in [1.29, 1.82) is 0 Å². The highest BCUT2D eigenvalue weighted by Crippen LogP contribution is 2.16. The van der Waals surface area contributed by atoms with Crippen LogP contribution in [0.15, 0.2) is 12.2 Å². The zero-order chi connectivity index (χ0) is 11.4. The van der Waals surface area contributed by atoms with Gasteiger partial charge in [0.15, 0.2) is 0 Å². The van der Waals surface area contributed by atoms with Crippen LogP contribution in [0.5, 0.6) is 0 Å². The third-order valence-electron chi connectivity index (χ3n) is 1.56. The van der Waals surface area contributed by atoms with E-state index in [0.29, 0.717) is 0 Å². The van der Waals surface area contributed by atoms with Gasteiger partial charge in [-0.15, -0.1) is 11.6 Å². The van der Waals surface area contributed by atoms with Crippen LogP contribution in [0.25, 0.3) is 0 Å². The zero-order valence-corrected chi connectivity index (χ0v) is 8.99. The molecule has 82 valence electrons. The lowest BCUT2D eigenvalue weighted by atomic mass is 10.2. The van der Waals surface area contributed by atoms with Crippen LogP contribution in [-0.4, -0.2) is 34.7 Å². The van der Waals surface area contributed by atoms with Gasteiger partial charge in [-0.25, -0.2) is 4.79 Å². The van der Waals surface area contributed by atoms with Gasteiger partial charge in [0.2, 0.25) is 0 Å². The molecule has 0 saturated heterocycles. The maximum Gasteiger partial charge on any atom is 0.328 e. The van der Waals surface area contributed by atoms with Crippen molar-refractivity contribution >= 4 is 27.7 Å². The van der Waals surface area contributed by atoms with Crippen molar-refractivity contribution in [2.24, 2.45) is 0 Å². The molecule has 0 aliphatic carbocycles. The number of halogens is 1. The summed E-state index contributed by atoms with van der Waals surface area (Å²) in [4.78, 5) is 10.1. The van der Waals surface area contributed by atoms with E-state index in [2.05, 4.69) is 0 Å². The van der Waals surface area contributed by atoms with E-state index in [1.54, 1.807) is 0 Å². The number of rotatable bonds is 5. The maximum atomic E-state index is 10.7. The second-order valence-corrected chi connectivity index (χ2v) is 4.74. The van der Waals surface area contributed by atoms with Crippen LogP contribution in [-0.2, 0) is 14.9 Å². The first-order valence-electron chi connectivity index (χ1n) is 3.80. The molecule has 2 N–H and O–H groups in total. The molecule has 0 aromatic carbocycles. The van der Waals surface area contributed by atoms with Gasteiger partial charge >= 0.3 is 5.97 Å². The van der Waals surface area contributed by atoms with E-state index in [0.717, 1.165) is 12.2 Å². The number of aliphatic carboxylic acids is 1. The monoisotopic (exact) mass is 242 g/mol. The predicted octanol–water partition coefficient (Wildman–Crippen LogP) is 0.901. The molecule has 0 radical (unpaired) electrons. The van der Waals surface area contributed by atoms with Crippen molar-refractivity contribution in [2.75, 3.05) is 0 Å². The molecule has 0 bridgehead atoms. The van der Waals surface area contributed by atoms with E-state index in [4.69, 9.17) is 21.3 Å². The number of carboxylic acid groups (broad SMARTS) is 1. The number of allylic oxidation sites excluding steroid dienone is 1. The number of carbonyl (C=O) groups is 1. The molecule has 0 spiro atoms. The molecule has 0 aromatic rings. The highest BCUT2D eigenvalue weighted by Gasteiger charge is 2.27. The maximum absolute atomic E-state index is 10.7. The minimum atomic E-state index is -4.24. The van der Waals surface area contributed by atoms with Crippen molar-refractivity contribution in [3.05, 3.63) is 12.2 Å². The van der Waals surface area contributed by atoms with E-state index in [1.165, 1.54) is 6.92 Å². The summed E-state index contributed by atoms with van der Waals surface area (Å²) in [7, 11) is -4.24. The van der Waals surface area contributed by atoms with E-state index in [-0.39, 0.29) is 6.42 Å². The summed E-state index contributed by atoms with van der Waals surface area (Å²) >= 11 is 5.59. The average molecular weight is 243 g/mol. The minimum absolute atomic E-state index is 0.108. The van der Waals surface area contributed by atoms with Crippen molar-refractivity contribution < 1.29 is 22.9 Å². The number of alkyl halides is 1. The molecule has 0 aliphatic rings. The average Bonchev–Trinajstić information content (AvgIpc) is 1.99. The van der Waals surface area contributed by atoms with Crippen LogP contribution in [0.3, 0.4) is 0 Å². The summed E-state index contributed by atoms with van der Waals surface area (Å²) < 4.78 is 30.2. The molecule has 5 nitrogen and oxygen atoms in total. The lowest BCUT2D eigenvalue weighted by Gasteiger charge is -2.13. The van der Waals surface area contributed by atoms with Gasteiger partial charge in [-0.2, -0.15) is 8.42 Å². The van der Waals surface area contributed by atoms with Gasteiger partial charge in [0.1, 0.15) is 5.25 Å². The van der Waals surface area contributed by atoms with Crippen molar-refractivity contribution in [1.82, 2.24) is 0 Å². The first kappa shape index (κ1) is 13.4. The summed E-state index contributed by atoms with van der Waals surface area (Å²) in [5.41, 5.74) is 0. The summed E-state index contributed by atoms with van der Waals surface area (Å²) in [5.74, 6) is -1.22. The quantitative estimate of drug-likeness (QED) is 0.425. The fourth-order valence-corrected chi connectivity index (χ4v) is 2.38. The predicted molar refractivity (Wildman–Crippen MR) is 52.0 cm³/mol. The fraction of sp³-hybridized carbons (Fsp3) is 0.571. The molecule has 14 heavy (non-hydrogen) atoms.